The first-order chi connectivity index (χ1) is 9.65. The minimum atomic E-state index is -0.282. The van der Waals surface area contributed by atoms with Crippen molar-refractivity contribution < 1.29 is 19.9 Å². The number of benzene rings is 2. The molecule has 2 aromatic rings. The number of phenols is 2. The monoisotopic (exact) mass is 272 g/mol. The van der Waals surface area contributed by atoms with Gasteiger partial charge < -0.3 is 15.5 Å². The fraction of sp³-hybridized carbons (Fsp3) is 0.250. The highest BCUT2D eigenvalue weighted by Gasteiger charge is 2.34. The Bertz CT molecular complexity index is 727. The van der Waals surface area contributed by atoms with Crippen LogP contribution in [0.25, 0.3) is 11.1 Å². The molecular formula is C16H15FNO2+. The zero-order valence-corrected chi connectivity index (χ0v) is 10.9. The van der Waals surface area contributed by atoms with Gasteiger partial charge in [0, 0.05) is 24.0 Å². The second-order valence-corrected chi connectivity index (χ2v) is 5.58. The van der Waals surface area contributed by atoms with Gasteiger partial charge in [0.25, 0.3) is 0 Å². The Balaban J connectivity index is 2.08. The summed E-state index contributed by atoms with van der Waals surface area (Å²) in [6.07, 6.45) is 1.64. The minimum absolute atomic E-state index is 0.140. The van der Waals surface area contributed by atoms with Crippen LogP contribution in [0.1, 0.15) is 22.7 Å². The van der Waals surface area contributed by atoms with E-state index < -0.39 is 0 Å². The van der Waals surface area contributed by atoms with Gasteiger partial charge in [-0.15, -0.1) is 0 Å². The number of hydrogen-bond acceptors (Lipinski definition) is 2. The van der Waals surface area contributed by atoms with Gasteiger partial charge in [-0.25, -0.2) is 4.39 Å². The highest BCUT2D eigenvalue weighted by molar-refractivity contribution is 5.82. The Labute approximate surface area is 115 Å². The molecule has 1 unspecified atom stereocenters. The molecule has 1 aliphatic heterocycles. The SMILES string of the molecule is Oc1ccc2c(c1O)-c1cc(F)cc3c1C(C2)[NH2+]CC3. The average Bonchev–Trinajstić information content (AvgIpc) is 2.42. The molecule has 0 fully saturated rings. The van der Waals surface area contributed by atoms with Crippen LogP contribution in [0.15, 0.2) is 24.3 Å². The van der Waals surface area contributed by atoms with Crippen LogP contribution in [0.4, 0.5) is 4.39 Å². The summed E-state index contributed by atoms with van der Waals surface area (Å²) in [5.41, 5.74) is 4.43. The van der Waals surface area contributed by atoms with Crippen molar-refractivity contribution in [3.63, 3.8) is 0 Å². The lowest BCUT2D eigenvalue weighted by atomic mass is 9.77. The molecule has 4 heteroatoms. The van der Waals surface area contributed by atoms with Crippen molar-refractivity contribution in [1.29, 1.82) is 0 Å². The first-order valence-electron chi connectivity index (χ1n) is 6.85. The van der Waals surface area contributed by atoms with E-state index in [9.17, 15) is 14.6 Å². The number of rotatable bonds is 0. The summed E-state index contributed by atoms with van der Waals surface area (Å²) >= 11 is 0. The molecule has 0 spiro atoms. The van der Waals surface area contributed by atoms with Gasteiger partial charge >= 0.3 is 0 Å². The van der Waals surface area contributed by atoms with Crippen LogP contribution in [-0.2, 0) is 12.8 Å². The van der Waals surface area contributed by atoms with Gasteiger partial charge in [-0.1, -0.05) is 6.07 Å². The van der Waals surface area contributed by atoms with Crippen LogP contribution >= 0.6 is 0 Å². The summed E-state index contributed by atoms with van der Waals surface area (Å²) in [7, 11) is 0. The molecule has 0 aromatic heterocycles. The van der Waals surface area contributed by atoms with Gasteiger partial charge in [0.2, 0.25) is 0 Å². The van der Waals surface area contributed by atoms with Crippen LogP contribution in [-0.4, -0.2) is 16.8 Å². The van der Waals surface area contributed by atoms with Crippen LogP contribution in [0, 0.1) is 5.82 Å². The number of aromatic hydroxyl groups is 2. The van der Waals surface area contributed by atoms with Crippen molar-refractivity contribution in [2.24, 2.45) is 0 Å². The number of nitrogens with two attached hydrogens (primary N) is 1. The summed E-state index contributed by atoms with van der Waals surface area (Å²) in [5.74, 6) is -0.575. The standard InChI is InChI=1S/C16H14FNO2/c17-10-5-9-3-4-18-12-6-8-1-2-13(19)16(20)15(8)11(7-10)14(9)12/h1-2,5,7,12,18-20H,3-4,6H2/p+1. The Kier molecular flexibility index (Phi) is 2.32. The molecule has 0 amide bonds. The van der Waals surface area contributed by atoms with E-state index in [-0.39, 0.29) is 23.4 Å². The summed E-state index contributed by atoms with van der Waals surface area (Å²) in [5, 5.41) is 22.2. The topological polar surface area (TPSA) is 57.1 Å². The average molecular weight is 272 g/mol. The highest BCUT2D eigenvalue weighted by atomic mass is 19.1. The first kappa shape index (κ1) is 11.7. The van der Waals surface area contributed by atoms with Crippen LogP contribution in [0.2, 0.25) is 0 Å². The lowest BCUT2D eigenvalue weighted by Crippen LogP contribution is -2.87. The fourth-order valence-electron chi connectivity index (χ4n) is 3.60. The molecule has 1 aliphatic carbocycles. The number of hydrogen-bond donors (Lipinski definition) is 3. The number of halogens is 1. The largest absolute Gasteiger partial charge is 0.504 e. The van der Waals surface area contributed by atoms with Crippen LogP contribution < -0.4 is 5.32 Å². The molecule has 1 atom stereocenters. The molecule has 102 valence electrons. The van der Waals surface area contributed by atoms with E-state index >= 15 is 0 Å². The van der Waals surface area contributed by atoms with Crippen molar-refractivity contribution in [2.45, 2.75) is 18.9 Å². The number of fused-ring (bicyclic) bond motifs is 2. The molecule has 2 aromatic carbocycles. The lowest BCUT2D eigenvalue weighted by Gasteiger charge is -2.32. The molecule has 2 aliphatic rings. The first-order valence-corrected chi connectivity index (χ1v) is 6.85. The van der Waals surface area contributed by atoms with Gasteiger partial charge in [-0.3, -0.25) is 0 Å². The summed E-state index contributed by atoms with van der Waals surface area (Å²) in [6, 6.07) is 6.68. The molecule has 0 radical (unpaired) electrons. The highest BCUT2D eigenvalue weighted by Crippen LogP contribution is 2.47. The van der Waals surface area contributed by atoms with E-state index in [0.717, 1.165) is 41.6 Å². The maximum atomic E-state index is 13.9. The summed E-state index contributed by atoms with van der Waals surface area (Å²) in [4.78, 5) is 0. The quantitative estimate of drug-likeness (QED) is 0.638. The van der Waals surface area contributed by atoms with E-state index in [2.05, 4.69) is 5.32 Å². The molecule has 4 rings (SSSR count). The lowest BCUT2D eigenvalue weighted by molar-refractivity contribution is -0.698. The zero-order chi connectivity index (χ0) is 13.9. The van der Waals surface area contributed by atoms with E-state index in [0.29, 0.717) is 5.56 Å². The molecule has 0 saturated heterocycles. The molecular weight excluding hydrogens is 257 g/mol. The van der Waals surface area contributed by atoms with Crippen molar-refractivity contribution in [3.8, 4) is 22.6 Å². The van der Waals surface area contributed by atoms with Gasteiger partial charge in [-0.05, 0) is 34.9 Å². The van der Waals surface area contributed by atoms with Gasteiger partial charge in [0.05, 0.1) is 6.54 Å². The number of quaternary nitrogens is 1. The third-order valence-corrected chi connectivity index (χ3v) is 4.42. The van der Waals surface area contributed by atoms with E-state index in [1.807, 2.05) is 6.07 Å². The van der Waals surface area contributed by atoms with Crippen molar-refractivity contribution in [1.82, 2.24) is 0 Å². The predicted molar refractivity (Wildman–Crippen MR) is 72.1 cm³/mol. The molecule has 20 heavy (non-hydrogen) atoms. The second-order valence-electron chi connectivity index (χ2n) is 5.58. The van der Waals surface area contributed by atoms with Crippen molar-refractivity contribution >= 4 is 0 Å². The summed E-state index contributed by atoms with van der Waals surface area (Å²) in [6.45, 7) is 0.958. The van der Waals surface area contributed by atoms with Crippen molar-refractivity contribution in [3.05, 3.63) is 46.8 Å². The molecule has 4 N–H and O–H groups in total. The Hall–Kier alpha value is -2.07. The Morgan fingerprint density at radius 2 is 2.00 bits per heavy atom. The van der Waals surface area contributed by atoms with Crippen LogP contribution in [0.5, 0.6) is 11.5 Å². The third kappa shape index (κ3) is 1.48. The van der Waals surface area contributed by atoms with E-state index in [4.69, 9.17) is 0 Å². The maximum Gasteiger partial charge on any atom is 0.165 e. The Morgan fingerprint density at radius 3 is 2.85 bits per heavy atom. The zero-order valence-electron chi connectivity index (χ0n) is 10.9. The fourth-order valence-corrected chi connectivity index (χ4v) is 3.60. The smallest absolute Gasteiger partial charge is 0.165 e. The van der Waals surface area contributed by atoms with Gasteiger partial charge in [-0.2, -0.15) is 0 Å². The van der Waals surface area contributed by atoms with Crippen LogP contribution in [0.3, 0.4) is 0 Å². The number of phenolic OH excluding ortho intramolecular Hbond substituents is 2. The van der Waals surface area contributed by atoms with Crippen molar-refractivity contribution in [2.75, 3.05) is 6.54 Å². The second kappa shape index (κ2) is 3.96. The van der Waals surface area contributed by atoms with E-state index in [1.54, 1.807) is 6.07 Å². The molecule has 0 bridgehead atoms. The molecule has 1 heterocycles. The summed E-state index contributed by atoms with van der Waals surface area (Å²) < 4.78 is 13.9. The predicted octanol–water partition coefficient (Wildman–Crippen LogP) is 1.62. The maximum absolute atomic E-state index is 13.9. The third-order valence-electron chi connectivity index (χ3n) is 4.42. The Morgan fingerprint density at radius 1 is 1.15 bits per heavy atom. The minimum Gasteiger partial charge on any atom is -0.504 e. The van der Waals surface area contributed by atoms with Gasteiger partial charge in [0.15, 0.2) is 11.5 Å². The van der Waals surface area contributed by atoms with Gasteiger partial charge in [0.1, 0.15) is 11.9 Å². The normalized spacial score (nSPS) is 19.4. The molecule has 0 saturated carbocycles. The van der Waals surface area contributed by atoms with E-state index in [1.165, 1.54) is 12.1 Å². The molecule has 3 nitrogen and oxygen atoms in total.